The first-order chi connectivity index (χ1) is 21.9. The van der Waals surface area contributed by atoms with E-state index in [9.17, 15) is 14.3 Å². The molecular formula is C36H70NO7P. The van der Waals surface area contributed by atoms with Crippen LogP contribution >= 0.6 is 7.82 Å². The quantitative estimate of drug-likeness (QED) is 0.0299. The van der Waals surface area contributed by atoms with Gasteiger partial charge in [-0.1, -0.05) is 141 Å². The van der Waals surface area contributed by atoms with Gasteiger partial charge in [-0.15, -0.1) is 0 Å². The number of hydrogen-bond donors (Lipinski definition) is 2. The van der Waals surface area contributed by atoms with Crippen LogP contribution in [-0.2, 0) is 27.9 Å². The summed E-state index contributed by atoms with van der Waals surface area (Å²) in [6, 6.07) is 0. The maximum absolute atomic E-state index is 12.5. The third-order valence-electron chi connectivity index (χ3n) is 7.60. The summed E-state index contributed by atoms with van der Waals surface area (Å²) in [5, 5.41) is 0. The van der Waals surface area contributed by atoms with Gasteiger partial charge in [0, 0.05) is 19.6 Å². The standard InChI is InChI=1S/C36H70NO7P/c1-3-5-7-9-11-13-15-17-19-21-23-25-27-29-36(38)44-35(34-43-45(39,40)42-32-30-37)33-41-31-28-26-24-22-20-18-16-14-12-10-8-6-4-2/h7,9,13,15,35H,3-6,8,10-12,14,16-34,37H2,1-2H3,(H,39,40)/b9-7-,15-13-. The molecule has 0 aromatic heterocycles. The van der Waals surface area contributed by atoms with Gasteiger partial charge in [0.1, 0.15) is 6.10 Å². The summed E-state index contributed by atoms with van der Waals surface area (Å²) in [6.07, 6.45) is 34.7. The van der Waals surface area contributed by atoms with Crippen molar-refractivity contribution < 1.29 is 32.8 Å². The fourth-order valence-corrected chi connectivity index (χ4v) is 5.68. The first-order valence-electron chi connectivity index (χ1n) is 18.3. The Morgan fingerprint density at radius 2 is 1.22 bits per heavy atom. The molecule has 0 radical (unpaired) electrons. The number of phosphoric acid groups is 1. The zero-order valence-electron chi connectivity index (χ0n) is 29.1. The molecule has 0 aromatic carbocycles. The zero-order valence-corrected chi connectivity index (χ0v) is 30.0. The third kappa shape index (κ3) is 34.1. The Bertz CT molecular complexity index is 747. The average molecular weight is 660 g/mol. The van der Waals surface area contributed by atoms with Crippen molar-refractivity contribution >= 4 is 13.8 Å². The number of ether oxygens (including phenoxy) is 2. The monoisotopic (exact) mass is 659 g/mol. The Balaban J connectivity index is 4.12. The highest BCUT2D eigenvalue weighted by molar-refractivity contribution is 7.47. The van der Waals surface area contributed by atoms with E-state index in [2.05, 4.69) is 38.2 Å². The Morgan fingerprint density at radius 1 is 0.667 bits per heavy atom. The molecular weight excluding hydrogens is 589 g/mol. The lowest BCUT2D eigenvalue weighted by atomic mass is 10.0. The Morgan fingerprint density at radius 3 is 1.82 bits per heavy atom. The first-order valence-corrected chi connectivity index (χ1v) is 19.8. The van der Waals surface area contributed by atoms with E-state index in [1.807, 2.05) is 0 Å². The molecule has 45 heavy (non-hydrogen) atoms. The largest absolute Gasteiger partial charge is 0.472 e. The Hall–Kier alpha value is -1.02. The van der Waals surface area contributed by atoms with E-state index in [0.29, 0.717) is 13.0 Å². The molecule has 0 spiro atoms. The van der Waals surface area contributed by atoms with Crippen LogP contribution in [0, 0.1) is 0 Å². The van der Waals surface area contributed by atoms with Crippen molar-refractivity contribution in [3.63, 3.8) is 0 Å². The van der Waals surface area contributed by atoms with Crippen molar-refractivity contribution in [1.82, 2.24) is 0 Å². The van der Waals surface area contributed by atoms with E-state index in [0.717, 1.165) is 64.2 Å². The van der Waals surface area contributed by atoms with Gasteiger partial charge in [0.25, 0.3) is 0 Å². The molecule has 8 nitrogen and oxygen atoms in total. The van der Waals surface area contributed by atoms with Gasteiger partial charge in [-0.05, 0) is 38.5 Å². The first kappa shape index (κ1) is 44.0. The number of phosphoric ester groups is 1. The average Bonchev–Trinajstić information content (AvgIpc) is 3.02. The molecule has 0 heterocycles. The normalized spacial score (nSPS) is 14.0. The van der Waals surface area contributed by atoms with Crippen LogP contribution in [0.15, 0.2) is 24.3 Å². The fourth-order valence-electron chi connectivity index (χ4n) is 4.92. The minimum absolute atomic E-state index is 0.0968. The van der Waals surface area contributed by atoms with Gasteiger partial charge in [0.15, 0.2) is 0 Å². The van der Waals surface area contributed by atoms with Gasteiger partial charge in [0.2, 0.25) is 0 Å². The van der Waals surface area contributed by atoms with Crippen LogP contribution in [0.5, 0.6) is 0 Å². The van der Waals surface area contributed by atoms with Crippen molar-refractivity contribution in [2.45, 2.75) is 168 Å². The molecule has 2 unspecified atom stereocenters. The van der Waals surface area contributed by atoms with Gasteiger partial charge in [-0.25, -0.2) is 4.57 Å². The summed E-state index contributed by atoms with van der Waals surface area (Å²) < 4.78 is 33.2. The maximum Gasteiger partial charge on any atom is 0.472 e. The van der Waals surface area contributed by atoms with E-state index in [4.69, 9.17) is 24.3 Å². The smallest absolute Gasteiger partial charge is 0.457 e. The van der Waals surface area contributed by atoms with Crippen molar-refractivity contribution in [2.24, 2.45) is 5.73 Å². The maximum atomic E-state index is 12.5. The number of carbonyl (C=O) groups excluding carboxylic acids is 1. The van der Waals surface area contributed by atoms with Crippen LogP contribution in [0.4, 0.5) is 0 Å². The SMILES string of the molecule is CCC/C=C\C/C=C\CCCCCCCC(=O)OC(COCCCCCCCCCCCCCCC)COP(=O)(O)OCCN. The topological polar surface area (TPSA) is 117 Å². The predicted molar refractivity (Wildman–Crippen MR) is 187 cm³/mol. The molecule has 0 bridgehead atoms. The van der Waals surface area contributed by atoms with Crippen LogP contribution in [-0.4, -0.2) is 49.9 Å². The molecule has 9 heteroatoms. The molecule has 0 rings (SSSR count). The number of carbonyl (C=O) groups is 1. The van der Waals surface area contributed by atoms with Gasteiger partial charge in [-0.2, -0.15) is 0 Å². The molecule has 0 saturated heterocycles. The molecule has 0 amide bonds. The molecule has 2 atom stereocenters. The van der Waals surface area contributed by atoms with Crippen LogP contribution < -0.4 is 5.73 Å². The van der Waals surface area contributed by atoms with Crippen molar-refractivity contribution in [3.8, 4) is 0 Å². The highest BCUT2D eigenvalue weighted by Gasteiger charge is 2.25. The molecule has 0 aromatic rings. The van der Waals surface area contributed by atoms with Gasteiger partial charge < -0.3 is 20.1 Å². The number of allylic oxidation sites excluding steroid dienone is 4. The van der Waals surface area contributed by atoms with E-state index < -0.39 is 13.9 Å². The molecule has 0 aliphatic rings. The Labute approximate surface area is 276 Å². The van der Waals surface area contributed by atoms with Crippen molar-refractivity contribution in [2.75, 3.05) is 33.0 Å². The summed E-state index contributed by atoms with van der Waals surface area (Å²) in [6.45, 7) is 4.84. The molecule has 266 valence electrons. The molecule has 3 N–H and O–H groups in total. The number of esters is 1. The molecule has 0 fully saturated rings. The lowest BCUT2D eigenvalue weighted by molar-refractivity contribution is -0.154. The molecule has 0 aliphatic carbocycles. The fraction of sp³-hybridized carbons (Fsp3) is 0.861. The van der Waals surface area contributed by atoms with Crippen molar-refractivity contribution in [3.05, 3.63) is 24.3 Å². The third-order valence-corrected chi connectivity index (χ3v) is 8.59. The van der Waals surface area contributed by atoms with Gasteiger partial charge in [-0.3, -0.25) is 13.8 Å². The zero-order chi connectivity index (χ0) is 33.1. The minimum Gasteiger partial charge on any atom is -0.457 e. The minimum atomic E-state index is -4.27. The Kier molecular flexibility index (Phi) is 33.5. The summed E-state index contributed by atoms with van der Waals surface area (Å²) in [4.78, 5) is 22.3. The summed E-state index contributed by atoms with van der Waals surface area (Å²) in [7, 11) is -4.27. The van der Waals surface area contributed by atoms with Gasteiger partial charge >= 0.3 is 13.8 Å². The van der Waals surface area contributed by atoms with E-state index >= 15 is 0 Å². The van der Waals surface area contributed by atoms with Crippen LogP contribution in [0.1, 0.15) is 162 Å². The van der Waals surface area contributed by atoms with Gasteiger partial charge in [0.05, 0.1) is 19.8 Å². The number of nitrogens with two attached hydrogens (primary N) is 1. The van der Waals surface area contributed by atoms with Crippen LogP contribution in [0.3, 0.4) is 0 Å². The number of hydrogen-bond acceptors (Lipinski definition) is 7. The summed E-state index contributed by atoms with van der Waals surface area (Å²) >= 11 is 0. The van der Waals surface area contributed by atoms with Crippen LogP contribution in [0.2, 0.25) is 0 Å². The number of unbranched alkanes of at least 4 members (excludes halogenated alkanes) is 18. The molecule has 0 aliphatic heterocycles. The number of rotatable bonds is 35. The van der Waals surface area contributed by atoms with E-state index in [1.54, 1.807) is 0 Å². The van der Waals surface area contributed by atoms with Crippen molar-refractivity contribution in [1.29, 1.82) is 0 Å². The predicted octanol–water partition coefficient (Wildman–Crippen LogP) is 10.1. The highest BCUT2D eigenvalue weighted by Crippen LogP contribution is 2.43. The summed E-state index contributed by atoms with van der Waals surface area (Å²) in [5.74, 6) is -0.345. The van der Waals surface area contributed by atoms with E-state index in [-0.39, 0.29) is 32.3 Å². The summed E-state index contributed by atoms with van der Waals surface area (Å²) in [5.41, 5.74) is 5.34. The second-order valence-electron chi connectivity index (χ2n) is 12.1. The van der Waals surface area contributed by atoms with Crippen LogP contribution in [0.25, 0.3) is 0 Å². The molecule has 0 saturated carbocycles. The second-order valence-corrected chi connectivity index (χ2v) is 13.5. The van der Waals surface area contributed by atoms with E-state index in [1.165, 1.54) is 77.0 Å². The lowest BCUT2D eigenvalue weighted by Gasteiger charge is -2.20. The highest BCUT2D eigenvalue weighted by atomic mass is 31.2. The lowest BCUT2D eigenvalue weighted by Crippen LogP contribution is -2.28. The second kappa shape index (κ2) is 34.3.